The van der Waals surface area contributed by atoms with Crippen molar-refractivity contribution in [1.82, 2.24) is 23.6 Å². The first-order valence-electron chi connectivity index (χ1n) is 9.74. The second kappa shape index (κ2) is 8.75. The smallest absolute Gasteiger partial charge is 0.124 e. The Morgan fingerprint density at radius 1 is 1.15 bits per heavy atom. The van der Waals surface area contributed by atoms with Crippen molar-refractivity contribution in [1.29, 1.82) is 0 Å². The number of allylic oxidation sites excluding steroid dienone is 1. The van der Waals surface area contributed by atoms with E-state index in [1.807, 2.05) is 30.9 Å². The Labute approximate surface area is 164 Å². The number of rotatable bonds is 9. The Kier molecular flexibility index (Phi) is 5.94. The molecule has 2 aliphatic heterocycles. The lowest BCUT2D eigenvalue weighted by Crippen LogP contribution is -2.28. The normalized spacial score (nSPS) is 22.5. The molecule has 1 fully saturated rings. The molecular weight excluding hydrogens is 360 g/mol. The summed E-state index contributed by atoms with van der Waals surface area (Å²) in [5.41, 5.74) is 1.82. The predicted molar refractivity (Wildman–Crippen MR) is 106 cm³/mol. The summed E-state index contributed by atoms with van der Waals surface area (Å²) in [7, 11) is 0. The molecule has 144 valence electrons. The summed E-state index contributed by atoms with van der Waals surface area (Å²) in [5.74, 6) is 0. The summed E-state index contributed by atoms with van der Waals surface area (Å²) in [4.78, 5) is 14.5. The van der Waals surface area contributed by atoms with Crippen molar-refractivity contribution in [3.63, 3.8) is 0 Å². The minimum Gasteiger partial charge on any atom is -0.397 e. The maximum absolute atomic E-state index is 5.77. The number of unbranched alkanes of at least 4 members (excludes halogenated alkanes) is 1. The number of likely N-dealkylation sites (tertiary alicyclic amines) is 1. The molecule has 0 radical (unpaired) electrons. The van der Waals surface area contributed by atoms with Gasteiger partial charge in [0.25, 0.3) is 0 Å². The van der Waals surface area contributed by atoms with Gasteiger partial charge in [0.05, 0.1) is 30.3 Å². The Hall–Kier alpha value is -2.06. The molecule has 1 atom stereocenters. The molecule has 0 spiro atoms. The fourth-order valence-corrected chi connectivity index (χ4v) is 4.21. The molecule has 0 aliphatic carbocycles. The van der Waals surface area contributed by atoms with Crippen LogP contribution in [0.4, 0.5) is 0 Å². The summed E-state index contributed by atoms with van der Waals surface area (Å²) in [6.07, 6.45) is 18.5. The van der Waals surface area contributed by atoms with E-state index in [1.165, 1.54) is 49.6 Å². The van der Waals surface area contributed by atoms with Crippen molar-refractivity contribution < 1.29 is 4.84 Å². The molecule has 2 aromatic rings. The second-order valence-corrected chi connectivity index (χ2v) is 7.79. The van der Waals surface area contributed by atoms with Gasteiger partial charge in [-0.25, -0.2) is 0 Å². The zero-order chi connectivity index (χ0) is 18.4. The Morgan fingerprint density at radius 2 is 2.07 bits per heavy atom. The van der Waals surface area contributed by atoms with Gasteiger partial charge in [-0.3, -0.25) is 9.89 Å². The number of nitrogens with zero attached hydrogens (tertiary/aromatic N) is 6. The first-order valence-corrected chi connectivity index (χ1v) is 10.5. The average molecular weight is 387 g/mol. The van der Waals surface area contributed by atoms with Crippen LogP contribution in [0.2, 0.25) is 0 Å². The van der Waals surface area contributed by atoms with Crippen LogP contribution >= 0.6 is 11.7 Å². The first-order chi connectivity index (χ1) is 13.3. The SMILES string of the molecule is C1=CC(CCCCOn2cc(CN3CCCCC3)cn2)(c2cnsn2)N=C1. The van der Waals surface area contributed by atoms with Gasteiger partial charge in [0.1, 0.15) is 17.8 Å². The molecule has 4 heterocycles. The lowest BCUT2D eigenvalue weighted by molar-refractivity contribution is 0.0784. The van der Waals surface area contributed by atoms with E-state index >= 15 is 0 Å². The Balaban J connectivity index is 1.19. The minimum atomic E-state index is -0.333. The highest BCUT2D eigenvalue weighted by atomic mass is 32.1. The molecule has 2 aliphatic rings. The van der Waals surface area contributed by atoms with Crippen molar-refractivity contribution in [3.05, 3.63) is 42.0 Å². The van der Waals surface area contributed by atoms with Gasteiger partial charge in [-0.2, -0.15) is 8.75 Å². The minimum absolute atomic E-state index is 0.333. The van der Waals surface area contributed by atoms with E-state index in [-0.39, 0.29) is 5.54 Å². The fraction of sp³-hybridized carbons (Fsp3) is 0.579. The van der Waals surface area contributed by atoms with E-state index in [2.05, 4.69) is 29.8 Å². The third-order valence-corrected chi connectivity index (χ3v) is 5.69. The number of piperidine rings is 1. The highest BCUT2D eigenvalue weighted by Gasteiger charge is 2.32. The van der Waals surface area contributed by atoms with E-state index in [0.717, 1.165) is 31.5 Å². The van der Waals surface area contributed by atoms with Crippen LogP contribution < -0.4 is 4.84 Å². The monoisotopic (exact) mass is 386 g/mol. The van der Waals surface area contributed by atoms with Crippen molar-refractivity contribution in [2.24, 2.45) is 4.99 Å². The van der Waals surface area contributed by atoms with Crippen LogP contribution in [0.15, 0.2) is 35.7 Å². The molecule has 0 bridgehead atoms. The molecule has 0 aromatic carbocycles. The molecule has 7 nitrogen and oxygen atoms in total. The highest BCUT2D eigenvalue weighted by molar-refractivity contribution is 6.99. The number of hydrogen-bond acceptors (Lipinski definition) is 7. The van der Waals surface area contributed by atoms with Crippen LogP contribution in [0.1, 0.15) is 49.8 Å². The molecule has 0 N–H and O–H groups in total. The second-order valence-electron chi connectivity index (χ2n) is 7.23. The molecule has 27 heavy (non-hydrogen) atoms. The van der Waals surface area contributed by atoms with Gasteiger partial charge in [0, 0.05) is 18.3 Å². The number of aliphatic imine (C=N–C) groups is 1. The summed E-state index contributed by atoms with van der Waals surface area (Å²) < 4.78 is 8.51. The maximum atomic E-state index is 5.77. The van der Waals surface area contributed by atoms with Crippen LogP contribution in [0, 0.1) is 0 Å². The van der Waals surface area contributed by atoms with Crippen LogP contribution in [0.5, 0.6) is 0 Å². The van der Waals surface area contributed by atoms with Crippen molar-refractivity contribution in [2.45, 2.75) is 50.6 Å². The molecule has 4 rings (SSSR count). The molecule has 8 heteroatoms. The van der Waals surface area contributed by atoms with E-state index in [9.17, 15) is 0 Å². The quantitative estimate of drug-likeness (QED) is 0.620. The summed E-state index contributed by atoms with van der Waals surface area (Å²) >= 11 is 1.23. The topological polar surface area (TPSA) is 68.4 Å². The van der Waals surface area contributed by atoms with Crippen molar-refractivity contribution in [2.75, 3.05) is 19.7 Å². The van der Waals surface area contributed by atoms with Gasteiger partial charge < -0.3 is 4.84 Å². The van der Waals surface area contributed by atoms with Gasteiger partial charge >= 0.3 is 0 Å². The predicted octanol–water partition coefficient (Wildman–Crippen LogP) is 2.86. The molecular formula is C19H26N6OS. The summed E-state index contributed by atoms with van der Waals surface area (Å²) in [5, 5.41) is 4.33. The maximum Gasteiger partial charge on any atom is 0.124 e. The van der Waals surface area contributed by atoms with Gasteiger partial charge in [-0.15, -0.1) is 9.94 Å². The Bertz CT molecular complexity index is 751. The fourth-order valence-electron chi connectivity index (χ4n) is 3.73. The van der Waals surface area contributed by atoms with Crippen LogP contribution in [0.25, 0.3) is 0 Å². The lowest BCUT2D eigenvalue weighted by atomic mass is 9.91. The lowest BCUT2D eigenvalue weighted by Gasteiger charge is -2.25. The van der Waals surface area contributed by atoms with Gasteiger partial charge in [0.15, 0.2) is 0 Å². The van der Waals surface area contributed by atoms with Crippen molar-refractivity contribution >= 4 is 17.9 Å². The molecule has 2 aromatic heterocycles. The zero-order valence-corrected chi connectivity index (χ0v) is 16.4. The number of aromatic nitrogens is 4. The van der Waals surface area contributed by atoms with Crippen LogP contribution in [-0.2, 0) is 12.1 Å². The van der Waals surface area contributed by atoms with E-state index in [0.29, 0.717) is 6.61 Å². The summed E-state index contributed by atoms with van der Waals surface area (Å²) in [6.45, 7) is 4.00. The summed E-state index contributed by atoms with van der Waals surface area (Å²) in [6, 6.07) is 0. The zero-order valence-electron chi connectivity index (χ0n) is 15.5. The largest absolute Gasteiger partial charge is 0.397 e. The molecule has 1 saturated heterocycles. The molecule has 0 saturated carbocycles. The molecule has 1 unspecified atom stereocenters. The van der Waals surface area contributed by atoms with Crippen LogP contribution in [-0.4, -0.2) is 49.5 Å². The van der Waals surface area contributed by atoms with Crippen molar-refractivity contribution in [3.8, 4) is 0 Å². The Morgan fingerprint density at radius 3 is 2.85 bits per heavy atom. The third-order valence-electron chi connectivity index (χ3n) is 5.21. The van der Waals surface area contributed by atoms with Crippen LogP contribution in [0.3, 0.4) is 0 Å². The van der Waals surface area contributed by atoms with Gasteiger partial charge in [-0.1, -0.05) is 6.42 Å². The third kappa shape index (κ3) is 4.62. The highest BCUT2D eigenvalue weighted by Crippen LogP contribution is 2.34. The number of hydrogen-bond donors (Lipinski definition) is 0. The van der Waals surface area contributed by atoms with E-state index in [4.69, 9.17) is 4.84 Å². The standard InChI is InChI=1S/C19H26N6OS/c1-3-10-24(11-4-1)15-17-13-21-25(16-17)26-12-5-2-7-19(8-6-9-20-19)18-14-22-27-23-18/h6,8-9,13-14,16H,1-5,7,10-12,15H2. The van der Waals surface area contributed by atoms with E-state index in [1.54, 1.807) is 4.85 Å². The van der Waals surface area contributed by atoms with Gasteiger partial charge in [0.2, 0.25) is 0 Å². The van der Waals surface area contributed by atoms with Gasteiger partial charge in [-0.05, 0) is 57.3 Å². The van der Waals surface area contributed by atoms with E-state index < -0.39 is 0 Å². The first kappa shape index (κ1) is 18.3. The molecule has 0 amide bonds. The average Bonchev–Trinajstić information content (AvgIpc) is 3.45.